The van der Waals surface area contributed by atoms with Gasteiger partial charge in [0.2, 0.25) is 0 Å². The largest absolute Gasteiger partial charge is 0.463 e. The number of hydrogen-bond donors (Lipinski definition) is 0. The molecule has 1 amide bonds. The molecule has 0 unspecified atom stereocenters. The predicted octanol–water partition coefficient (Wildman–Crippen LogP) is 3.89. The number of carbonyl (C=O) groups is 2. The van der Waals surface area contributed by atoms with E-state index in [4.69, 9.17) is 47.4 Å². The lowest BCUT2D eigenvalue weighted by Crippen LogP contribution is -2.36. The molecule has 0 rings (SSSR count). The van der Waals surface area contributed by atoms with E-state index in [9.17, 15) is 9.59 Å². The van der Waals surface area contributed by atoms with Gasteiger partial charge in [-0.15, -0.1) is 0 Å². The number of nitrogens with zero attached hydrogens (tertiary/aromatic N) is 1. The summed E-state index contributed by atoms with van der Waals surface area (Å²) in [5, 5.41) is 0. The first-order chi connectivity index (χ1) is 21.8. The summed E-state index contributed by atoms with van der Waals surface area (Å²) in [5.74, 6) is -0.150. The number of ether oxygens (including phenoxy) is 10. The first-order valence-corrected chi connectivity index (χ1v) is 16.5. The Kier molecular flexibility index (Phi) is 31.2. The minimum atomic E-state index is -0.510. The normalized spacial score (nSPS) is 11.6. The van der Waals surface area contributed by atoms with E-state index in [2.05, 4.69) is 6.92 Å². The van der Waals surface area contributed by atoms with Crippen LogP contribution in [-0.4, -0.2) is 148 Å². The maximum absolute atomic E-state index is 11.8. The van der Waals surface area contributed by atoms with Crippen LogP contribution in [0.4, 0.5) is 4.79 Å². The molecule has 45 heavy (non-hydrogen) atoms. The van der Waals surface area contributed by atoms with E-state index < -0.39 is 5.60 Å². The molecule has 13 heteroatoms. The highest BCUT2D eigenvalue weighted by atomic mass is 16.6. The Hall–Kier alpha value is -1.58. The van der Waals surface area contributed by atoms with Crippen molar-refractivity contribution in [3.8, 4) is 0 Å². The van der Waals surface area contributed by atoms with Crippen molar-refractivity contribution in [1.82, 2.24) is 4.90 Å². The molecule has 0 N–H and O–H groups in total. The first kappa shape index (κ1) is 43.4. The van der Waals surface area contributed by atoms with Gasteiger partial charge in [0.25, 0.3) is 0 Å². The fourth-order valence-electron chi connectivity index (χ4n) is 3.43. The van der Waals surface area contributed by atoms with Crippen molar-refractivity contribution < 1.29 is 57.0 Å². The smallest absolute Gasteiger partial charge is 0.410 e. The fraction of sp³-hybridized carbons (Fsp3) is 0.938. The standard InChI is InChI=1S/C32H63NO12/c1-6-7-8-9-10-11-30(34)44-29-28-43-27-26-42-25-24-41-23-22-40-21-20-39-19-18-38-17-16-37-15-14-36-13-12-33(5)31(35)45-32(2,3)4/h6-29H2,1-5H3. The lowest BCUT2D eigenvalue weighted by molar-refractivity contribution is -0.145. The molecule has 268 valence electrons. The van der Waals surface area contributed by atoms with Crippen molar-refractivity contribution in [2.75, 3.05) is 126 Å². The summed E-state index contributed by atoms with van der Waals surface area (Å²) >= 11 is 0. The third-order valence-electron chi connectivity index (χ3n) is 5.86. The van der Waals surface area contributed by atoms with E-state index in [1.165, 1.54) is 24.2 Å². The minimum Gasteiger partial charge on any atom is -0.463 e. The number of amides is 1. The van der Waals surface area contributed by atoms with E-state index in [0.29, 0.717) is 119 Å². The molecular formula is C32H63NO12. The molecule has 0 aliphatic rings. The third kappa shape index (κ3) is 35.1. The zero-order chi connectivity index (χ0) is 33.3. The second-order valence-electron chi connectivity index (χ2n) is 11.2. The second kappa shape index (κ2) is 32.4. The van der Waals surface area contributed by atoms with Gasteiger partial charge < -0.3 is 52.3 Å². The van der Waals surface area contributed by atoms with Crippen LogP contribution in [0.2, 0.25) is 0 Å². The molecule has 0 saturated carbocycles. The number of likely N-dealkylation sites (N-methyl/N-ethyl adjacent to an activating group) is 1. The van der Waals surface area contributed by atoms with Crippen LogP contribution in [0, 0.1) is 0 Å². The Balaban J connectivity index is 3.19. The maximum atomic E-state index is 11.8. The summed E-state index contributed by atoms with van der Waals surface area (Å²) in [6.45, 7) is 15.9. The summed E-state index contributed by atoms with van der Waals surface area (Å²) in [6, 6.07) is 0. The monoisotopic (exact) mass is 653 g/mol. The third-order valence-corrected chi connectivity index (χ3v) is 5.86. The summed E-state index contributed by atoms with van der Waals surface area (Å²) in [7, 11) is 1.68. The van der Waals surface area contributed by atoms with Gasteiger partial charge in [-0.2, -0.15) is 0 Å². The molecule has 0 spiro atoms. The van der Waals surface area contributed by atoms with Crippen molar-refractivity contribution in [2.45, 2.75) is 71.8 Å². The Morgan fingerprint density at radius 1 is 0.511 bits per heavy atom. The topological polar surface area (TPSA) is 130 Å². The number of esters is 1. The van der Waals surface area contributed by atoms with E-state index in [1.54, 1.807) is 7.05 Å². The van der Waals surface area contributed by atoms with Crippen molar-refractivity contribution in [2.24, 2.45) is 0 Å². The quantitative estimate of drug-likeness (QED) is 0.0753. The number of carbonyl (C=O) groups excluding carboxylic acids is 2. The summed E-state index contributed by atoms with van der Waals surface area (Å²) < 4.78 is 54.1. The molecule has 0 radical (unpaired) electrons. The van der Waals surface area contributed by atoms with Crippen LogP contribution in [0.1, 0.15) is 66.2 Å². The van der Waals surface area contributed by atoms with Crippen molar-refractivity contribution in [1.29, 1.82) is 0 Å². The lowest BCUT2D eigenvalue weighted by Gasteiger charge is -2.24. The molecule has 0 aromatic heterocycles. The molecule has 0 saturated heterocycles. The van der Waals surface area contributed by atoms with E-state index in [0.717, 1.165) is 12.8 Å². The van der Waals surface area contributed by atoms with Gasteiger partial charge in [0.05, 0.1) is 106 Å². The van der Waals surface area contributed by atoms with Crippen LogP contribution in [0.15, 0.2) is 0 Å². The van der Waals surface area contributed by atoms with Crippen molar-refractivity contribution in [3.05, 3.63) is 0 Å². The predicted molar refractivity (Wildman–Crippen MR) is 170 cm³/mol. The van der Waals surface area contributed by atoms with Crippen LogP contribution in [-0.2, 0) is 52.2 Å². The van der Waals surface area contributed by atoms with Crippen LogP contribution in [0.25, 0.3) is 0 Å². The molecule has 0 aliphatic carbocycles. The van der Waals surface area contributed by atoms with Crippen LogP contribution in [0.5, 0.6) is 0 Å². The first-order valence-electron chi connectivity index (χ1n) is 16.5. The van der Waals surface area contributed by atoms with Gasteiger partial charge in [0.1, 0.15) is 12.2 Å². The van der Waals surface area contributed by atoms with E-state index in [1.807, 2.05) is 20.8 Å². The maximum Gasteiger partial charge on any atom is 0.410 e. The Morgan fingerprint density at radius 2 is 0.867 bits per heavy atom. The highest BCUT2D eigenvalue weighted by molar-refractivity contribution is 5.69. The molecule has 0 aliphatic heterocycles. The van der Waals surface area contributed by atoms with Gasteiger partial charge in [-0.1, -0.05) is 32.6 Å². The highest BCUT2D eigenvalue weighted by Crippen LogP contribution is 2.09. The summed E-state index contributed by atoms with van der Waals surface area (Å²) in [6.07, 6.45) is 5.69. The Bertz CT molecular complexity index is 663. The highest BCUT2D eigenvalue weighted by Gasteiger charge is 2.19. The molecule has 0 aromatic carbocycles. The van der Waals surface area contributed by atoms with Gasteiger partial charge in [-0.05, 0) is 27.2 Å². The zero-order valence-electron chi connectivity index (χ0n) is 28.8. The molecule has 0 bridgehead atoms. The molecule has 0 aromatic rings. The lowest BCUT2D eigenvalue weighted by atomic mass is 10.1. The van der Waals surface area contributed by atoms with E-state index >= 15 is 0 Å². The summed E-state index contributed by atoms with van der Waals surface area (Å²) in [5.41, 5.74) is -0.510. The molecule has 13 nitrogen and oxygen atoms in total. The average molecular weight is 654 g/mol. The Morgan fingerprint density at radius 3 is 1.24 bits per heavy atom. The van der Waals surface area contributed by atoms with E-state index in [-0.39, 0.29) is 18.7 Å². The average Bonchev–Trinajstić information content (AvgIpc) is 2.99. The van der Waals surface area contributed by atoms with Gasteiger partial charge in [-0.25, -0.2) is 4.79 Å². The molecule has 0 heterocycles. The number of unbranched alkanes of at least 4 members (excludes halogenated alkanes) is 4. The van der Waals surface area contributed by atoms with Gasteiger partial charge in [-0.3, -0.25) is 4.79 Å². The SMILES string of the molecule is CCCCCCCC(=O)OCCOCCOCCOCCOCCOCCOCCOCCOCCN(C)C(=O)OC(C)(C)C. The van der Waals surface area contributed by atoms with Crippen LogP contribution >= 0.6 is 0 Å². The zero-order valence-corrected chi connectivity index (χ0v) is 28.8. The fourth-order valence-corrected chi connectivity index (χ4v) is 3.43. The van der Waals surface area contributed by atoms with Crippen molar-refractivity contribution in [3.63, 3.8) is 0 Å². The number of rotatable bonds is 33. The molecular weight excluding hydrogens is 590 g/mol. The van der Waals surface area contributed by atoms with Gasteiger partial charge >= 0.3 is 12.1 Å². The molecule has 0 atom stereocenters. The number of hydrogen-bond acceptors (Lipinski definition) is 12. The van der Waals surface area contributed by atoms with Crippen LogP contribution in [0.3, 0.4) is 0 Å². The van der Waals surface area contributed by atoms with Gasteiger partial charge in [0, 0.05) is 20.0 Å². The molecule has 0 fully saturated rings. The van der Waals surface area contributed by atoms with Gasteiger partial charge in [0.15, 0.2) is 0 Å². The second-order valence-corrected chi connectivity index (χ2v) is 11.2. The minimum absolute atomic E-state index is 0.150. The Labute approximate surface area is 271 Å². The summed E-state index contributed by atoms with van der Waals surface area (Å²) in [4.78, 5) is 24.9. The van der Waals surface area contributed by atoms with Crippen molar-refractivity contribution >= 4 is 12.1 Å². The van der Waals surface area contributed by atoms with Crippen LogP contribution < -0.4 is 0 Å².